The molecule has 0 aromatic rings. The van der Waals surface area contributed by atoms with E-state index in [1.165, 1.54) is 0 Å². The molecular weight excluding hydrogens is 160 g/mol. The van der Waals surface area contributed by atoms with Gasteiger partial charge in [0, 0.05) is 6.04 Å². The van der Waals surface area contributed by atoms with E-state index in [1.807, 2.05) is 0 Å². The van der Waals surface area contributed by atoms with Crippen LogP contribution in [0, 0.1) is 11.8 Å². The Kier molecular flexibility index (Phi) is 7.29. The lowest BCUT2D eigenvalue weighted by Crippen LogP contribution is -2.37. The molecule has 0 saturated heterocycles. The Morgan fingerprint density at radius 2 is 1.62 bits per heavy atom. The fourth-order valence-corrected chi connectivity index (χ4v) is 1.26. The van der Waals surface area contributed by atoms with Gasteiger partial charge in [0.2, 0.25) is 0 Å². The lowest BCUT2D eigenvalue weighted by Gasteiger charge is -2.22. The Morgan fingerprint density at radius 1 is 1.00 bits per heavy atom. The zero-order valence-corrected chi connectivity index (χ0v) is 9.85. The summed E-state index contributed by atoms with van der Waals surface area (Å²) >= 11 is 0. The second kappa shape index (κ2) is 7.34. The van der Waals surface area contributed by atoms with Crippen LogP contribution in [0.25, 0.3) is 0 Å². The van der Waals surface area contributed by atoms with Crippen molar-refractivity contribution in [3.05, 3.63) is 0 Å². The maximum Gasteiger partial charge on any atom is 0.00105 e. The van der Waals surface area contributed by atoms with Crippen molar-refractivity contribution in [3.63, 3.8) is 0 Å². The standard InChI is InChI=1S/C11H26N2/c1-6-12-7-11(9(2)3)8-13-10(4)5/h9-13H,6-8H2,1-5H3. The molecule has 0 aromatic carbocycles. The number of nitrogens with one attached hydrogen (secondary N) is 2. The van der Waals surface area contributed by atoms with Crippen molar-refractivity contribution in [1.29, 1.82) is 0 Å². The van der Waals surface area contributed by atoms with Crippen LogP contribution in [0.4, 0.5) is 0 Å². The van der Waals surface area contributed by atoms with Gasteiger partial charge >= 0.3 is 0 Å². The van der Waals surface area contributed by atoms with Gasteiger partial charge in [-0.15, -0.1) is 0 Å². The molecule has 0 bridgehead atoms. The summed E-state index contributed by atoms with van der Waals surface area (Å²) in [7, 11) is 0. The zero-order valence-electron chi connectivity index (χ0n) is 9.85. The molecule has 0 saturated carbocycles. The molecule has 0 radical (unpaired) electrons. The maximum absolute atomic E-state index is 3.50. The molecule has 0 aliphatic carbocycles. The van der Waals surface area contributed by atoms with E-state index >= 15 is 0 Å². The van der Waals surface area contributed by atoms with Crippen LogP contribution in [0.1, 0.15) is 34.6 Å². The van der Waals surface area contributed by atoms with Crippen LogP contribution in [-0.4, -0.2) is 25.7 Å². The topological polar surface area (TPSA) is 24.1 Å². The molecule has 0 fully saturated rings. The minimum Gasteiger partial charge on any atom is -0.317 e. The van der Waals surface area contributed by atoms with Crippen molar-refractivity contribution in [3.8, 4) is 0 Å². The summed E-state index contributed by atoms with van der Waals surface area (Å²) in [6.45, 7) is 14.5. The second-order valence-corrected chi connectivity index (χ2v) is 4.37. The summed E-state index contributed by atoms with van der Waals surface area (Å²) in [4.78, 5) is 0. The third-order valence-corrected chi connectivity index (χ3v) is 2.39. The van der Waals surface area contributed by atoms with Crippen LogP contribution >= 0.6 is 0 Å². The van der Waals surface area contributed by atoms with E-state index in [-0.39, 0.29) is 0 Å². The van der Waals surface area contributed by atoms with E-state index in [1.54, 1.807) is 0 Å². The first-order valence-corrected chi connectivity index (χ1v) is 5.52. The van der Waals surface area contributed by atoms with E-state index in [0.717, 1.165) is 31.5 Å². The summed E-state index contributed by atoms with van der Waals surface area (Å²) in [5.41, 5.74) is 0. The van der Waals surface area contributed by atoms with Gasteiger partial charge in [0.15, 0.2) is 0 Å². The minimum atomic E-state index is 0.600. The van der Waals surface area contributed by atoms with Gasteiger partial charge in [-0.25, -0.2) is 0 Å². The predicted octanol–water partition coefficient (Wildman–Crippen LogP) is 1.87. The van der Waals surface area contributed by atoms with Gasteiger partial charge in [0.05, 0.1) is 0 Å². The Hall–Kier alpha value is -0.0800. The molecule has 0 spiro atoms. The summed E-state index contributed by atoms with van der Waals surface area (Å²) in [5.74, 6) is 1.51. The SMILES string of the molecule is CCNCC(CNC(C)C)C(C)C. The van der Waals surface area contributed by atoms with Crippen LogP contribution < -0.4 is 10.6 Å². The molecule has 2 N–H and O–H groups in total. The molecule has 0 aliphatic rings. The average Bonchev–Trinajstić information content (AvgIpc) is 2.03. The van der Waals surface area contributed by atoms with Crippen LogP contribution in [0.5, 0.6) is 0 Å². The lowest BCUT2D eigenvalue weighted by atomic mass is 9.95. The van der Waals surface area contributed by atoms with Crippen molar-refractivity contribution in [2.75, 3.05) is 19.6 Å². The number of rotatable bonds is 7. The molecule has 2 nitrogen and oxygen atoms in total. The van der Waals surface area contributed by atoms with Crippen molar-refractivity contribution in [2.24, 2.45) is 11.8 Å². The highest BCUT2D eigenvalue weighted by Crippen LogP contribution is 2.08. The first-order valence-electron chi connectivity index (χ1n) is 5.52. The fraction of sp³-hybridized carbons (Fsp3) is 1.00. The third kappa shape index (κ3) is 7.03. The lowest BCUT2D eigenvalue weighted by molar-refractivity contribution is 0.337. The van der Waals surface area contributed by atoms with Crippen LogP contribution in [0.3, 0.4) is 0 Å². The molecule has 13 heavy (non-hydrogen) atoms. The molecule has 0 heterocycles. The Balaban J connectivity index is 3.67. The van der Waals surface area contributed by atoms with E-state index in [0.29, 0.717) is 6.04 Å². The Labute approximate surface area is 83.5 Å². The van der Waals surface area contributed by atoms with Crippen molar-refractivity contribution in [1.82, 2.24) is 10.6 Å². The van der Waals surface area contributed by atoms with E-state index in [4.69, 9.17) is 0 Å². The molecule has 0 aromatic heterocycles. The Bertz CT molecular complexity index is 111. The molecular formula is C11H26N2. The van der Waals surface area contributed by atoms with Crippen molar-refractivity contribution in [2.45, 2.75) is 40.7 Å². The van der Waals surface area contributed by atoms with E-state index in [2.05, 4.69) is 45.3 Å². The van der Waals surface area contributed by atoms with Crippen LogP contribution in [0.2, 0.25) is 0 Å². The minimum absolute atomic E-state index is 0.600. The van der Waals surface area contributed by atoms with Crippen molar-refractivity contribution < 1.29 is 0 Å². The Morgan fingerprint density at radius 3 is 2.00 bits per heavy atom. The largest absolute Gasteiger partial charge is 0.317 e. The smallest absolute Gasteiger partial charge is 0.00105 e. The summed E-state index contributed by atoms with van der Waals surface area (Å²) in [6.07, 6.45) is 0. The normalized spacial score (nSPS) is 14.1. The first-order chi connectivity index (χ1) is 6.07. The average molecular weight is 186 g/mol. The second-order valence-electron chi connectivity index (χ2n) is 4.37. The number of hydrogen-bond donors (Lipinski definition) is 2. The monoisotopic (exact) mass is 186 g/mol. The summed E-state index contributed by atoms with van der Waals surface area (Å²) in [6, 6.07) is 0.600. The maximum atomic E-state index is 3.50. The number of hydrogen-bond acceptors (Lipinski definition) is 2. The highest BCUT2D eigenvalue weighted by molar-refractivity contribution is 4.69. The quantitative estimate of drug-likeness (QED) is 0.634. The van der Waals surface area contributed by atoms with E-state index < -0.39 is 0 Å². The third-order valence-electron chi connectivity index (χ3n) is 2.39. The molecule has 1 unspecified atom stereocenters. The predicted molar refractivity (Wildman–Crippen MR) is 60.0 cm³/mol. The molecule has 0 rings (SSSR count). The van der Waals surface area contributed by atoms with Crippen molar-refractivity contribution >= 4 is 0 Å². The van der Waals surface area contributed by atoms with Gasteiger partial charge in [-0.1, -0.05) is 34.6 Å². The van der Waals surface area contributed by atoms with Crippen LogP contribution in [0.15, 0.2) is 0 Å². The molecule has 0 aliphatic heterocycles. The van der Waals surface area contributed by atoms with Gasteiger partial charge in [0.1, 0.15) is 0 Å². The van der Waals surface area contributed by atoms with E-state index in [9.17, 15) is 0 Å². The van der Waals surface area contributed by atoms with Gasteiger partial charge in [-0.2, -0.15) is 0 Å². The van der Waals surface area contributed by atoms with Crippen LogP contribution in [-0.2, 0) is 0 Å². The fourth-order valence-electron chi connectivity index (χ4n) is 1.26. The highest BCUT2D eigenvalue weighted by atomic mass is 14.9. The zero-order chi connectivity index (χ0) is 10.3. The molecule has 80 valence electrons. The summed E-state index contributed by atoms with van der Waals surface area (Å²) < 4.78 is 0. The highest BCUT2D eigenvalue weighted by Gasteiger charge is 2.12. The molecule has 1 atom stereocenters. The van der Waals surface area contributed by atoms with Gasteiger partial charge in [-0.05, 0) is 31.5 Å². The molecule has 2 heteroatoms. The van der Waals surface area contributed by atoms with Gasteiger partial charge < -0.3 is 10.6 Å². The summed E-state index contributed by atoms with van der Waals surface area (Å²) in [5, 5.41) is 6.91. The first kappa shape index (κ1) is 12.9. The molecule has 0 amide bonds. The van der Waals surface area contributed by atoms with Gasteiger partial charge in [-0.3, -0.25) is 0 Å². The van der Waals surface area contributed by atoms with Gasteiger partial charge in [0.25, 0.3) is 0 Å².